The zero-order valence-corrected chi connectivity index (χ0v) is 21.9. The van der Waals surface area contributed by atoms with Gasteiger partial charge in [-0.05, 0) is 45.1 Å². The molecule has 1 amide bonds. The van der Waals surface area contributed by atoms with E-state index in [1.165, 1.54) is 5.56 Å². The Kier molecular flexibility index (Phi) is 15.0. The van der Waals surface area contributed by atoms with Crippen LogP contribution in [0.5, 0.6) is 0 Å². The second-order valence-corrected chi connectivity index (χ2v) is 9.18. The van der Waals surface area contributed by atoms with Crippen molar-refractivity contribution in [2.75, 3.05) is 6.61 Å². The molecule has 4 atom stereocenters. The van der Waals surface area contributed by atoms with Gasteiger partial charge in [0.25, 0.3) is 0 Å². The van der Waals surface area contributed by atoms with E-state index in [0.29, 0.717) is 11.5 Å². The van der Waals surface area contributed by atoms with Gasteiger partial charge in [-0.1, -0.05) is 111 Å². The van der Waals surface area contributed by atoms with Crippen LogP contribution in [0, 0.1) is 11.8 Å². The number of rotatable bonds is 14. The molecule has 1 aromatic carbocycles. The summed E-state index contributed by atoms with van der Waals surface area (Å²) in [6, 6.07) is 10.2. The first-order valence-corrected chi connectivity index (χ1v) is 12.4. The van der Waals surface area contributed by atoms with E-state index < -0.39 is 6.10 Å². The van der Waals surface area contributed by atoms with Crippen molar-refractivity contribution < 1.29 is 15.0 Å². The first-order valence-electron chi connectivity index (χ1n) is 12.4. The Hall–Kier alpha value is -2.95. The van der Waals surface area contributed by atoms with Crippen molar-refractivity contribution in [2.24, 2.45) is 11.8 Å². The zero-order chi connectivity index (χ0) is 26.1. The van der Waals surface area contributed by atoms with Crippen LogP contribution < -0.4 is 5.32 Å². The van der Waals surface area contributed by atoms with Crippen molar-refractivity contribution >= 4 is 5.91 Å². The van der Waals surface area contributed by atoms with Crippen molar-refractivity contribution in [2.45, 2.75) is 59.6 Å². The molecule has 4 nitrogen and oxygen atoms in total. The Morgan fingerprint density at radius 1 is 0.971 bits per heavy atom. The Morgan fingerprint density at radius 3 is 2.31 bits per heavy atom. The molecule has 0 aliphatic carbocycles. The van der Waals surface area contributed by atoms with Crippen LogP contribution in [0.1, 0.15) is 46.6 Å². The minimum Gasteiger partial charge on any atom is -0.394 e. The largest absolute Gasteiger partial charge is 0.394 e. The second kappa shape index (κ2) is 17.5. The van der Waals surface area contributed by atoms with Crippen molar-refractivity contribution in [1.82, 2.24) is 5.32 Å². The first-order chi connectivity index (χ1) is 16.7. The summed E-state index contributed by atoms with van der Waals surface area (Å²) in [5.41, 5.74) is 3.01. The lowest BCUT2D eigenvalue weighted by atomic mass is 9.97. The van der Waals surface area contributed by atoms with Gasteiger partial charge in [0.15, 0.2) is 0 Å². The van der Waals surface area contributed by atoms with Crippen molar-refractivity contribution in [3.63, 3.8) is 0 Å². The molecule has 4 heteroatoms. The third kappa shape index (κ3) is 14.1. The number of aliphatic hydroxyl groups is 2. The lowest BCUT2D eigenvalue weighted by Gasteiger charge is -2.13. The molecule has 0 heterocycles. The van der Waals surface area contributed by atoms with E-state index in [-0.39, 0.29) is 24.5 Å². The normalized spacial score (nSPS) is 16.9. The zero-order valence-electron chi connectivity index (χ0n) is 21.9. The lowest BCUT2D eigenvalue weighted by Crippen LogP contribution is -2.35. The van der Waals surface area contributed by atoms with E-state index in [2.05, 4.69) is 48.7 Å². The van der Waals surface area contributed by atoms with Gasteiger partial charge in [0.05, 0.1) is 12.7 Å². The standard InChI is InChI=1S/C31H43NO3/c1-24(18-20-29-16-12-9-13-17-29)19-21-30(34)27(4)22-25(2)14-10-7-6-8-11-15-26(3)31(35)32-28(5)23-33/h6-17,19,21-22,24,27-28,30,33-34H,18,20,23H2,1-5H3,(H,32,35)/b7-6-,11-8+,14-10+,21-19+,25-22+,26-15+/t24-,27+,28-,30-/m0/s1. The number of allylic oxidation sites excluding steroid dienone is 9. The maximum Gasteiger partial charge on any atom is 0.247 e. The van der Waals surface area contributed by atoms with Crippen molar-refractivity contribution in [3.05, 3.63) is 108 Å². The number of nitrogens with one attached hydrogen (secondary N) is 1. The van der Waals surface area contributed by atoms with Gasteiger partial charge in [-0.15, -0.1) is 0 Å². The van der Waals surface area contributed by atoms with E-state index in [9.17, 15) is 9.90 Å². The summed E-state index contributed by atoms with van der Waals surface area (Å²) in [4.78, 5) is 11.9. The highest BCUT2D eigenvalue weighted by atomic mass is 16.3. The van der Waals surface area contributed by atoms with E-state index >= 15 is 0 Å². The molecule has 3 N–H and O–H groups in total. The number of hydrogen-bond acceptors (Lipinski definition) is 3. The topological polar surface area (TPSA) is 69.6 Å². The molecule has 1 aromatic rings. The third-order valence-electron chi connectivity index (χ3n) is 5.59. The molecule has 0 bridgehead atoms. The molecule has 0 saturated heterocycles. The van der Waals surface area contributed by atoms with E-state index in [1.54, 1.807) is 26.0 Å². The van der Waals surface area contributed by atoms with E-state index in [0.717, 1.165) is 18.4 Å². The molecule has 0 aliphatic rings. The number of amides is 1. The number of carbonyl (C=O) groups is 1. The number of benzene rings is 1. The van der Waals surface area contributed by atoms with Crippen molar-refractivity contribution in [1.29, 1.82) is 0 Å². The summed E-state index contributed by atoms with van der Waals surface area (Å²) in [5.74, 6) is 0.250. The second-order valence-electron chi connectivity index (χ2n) is 9.18. The summed E-state index contributed by atoms with van der Waals surface area (Å²) in [6.45, 7) is 9.63. The van der Waals surface area contributed by atoms with Crippen LogP contribution in [-0.4, -0.2) is 34.9 Å². The first kappa shape index (κ1) is 30.1. The molecule has 1 rings (SSSR count). The lowest BCUT2D eigenvalue weighted by molar-refractivity contribution is -0.118. The van der Waals surface area contributed by atoms with Crippen LogP contribution in [0.3, 0.4) is 0 Å². The predicted molar refractivity (Wildman–Crippen MR) is 148 cm³/mol. The molecule has 0 spiro atoms. The number of aryl methyl sites for hydroxylation is 1. The summed E-state index contributed by atoms with van der Waals surface area (Å²) >= 11 is 0. The van der Waals surface area contributed by atoms with Crippen LogP contribution in [0.25, 0.3) is 0 Å². The number of aliphatic hydroxyl groups excluding tert-OH is 2. The Morgan fingerprint density at radius 2 is 1.63 bits per heavy atom. The van der Waals surface area contributed by atoms with Crippen LogP contribution in [-0.2, 0) is 11.2 Å². The average molecular weight is 478 g/mol. The quantitative estimate of drug-likeness (QED) is 0.178. The van der Waals surface area contributed by atoms with Gasteiger partial charge in [-0.25, -0.2) is 0 Å². The van der Waals surface area contributed by atoms with Gasteiger partial charge < -0.3 is 15.5 Å². The van der Waals surface area contributed by atoms with Crippen LogP contribution in [0.4, 0.5) is 0 Å². The summed E-state index contributed by atoms with van der Waals surface area (Å²) < 4.78 is 0. The molecule has 0 aromatic heterocycles. The van der Waals surface area contributed by atoms with Gasteiger partial charge in [0, 0.05) is 17.5 Å². The fourth-order valence-corrected chi connectivity index (χ4v) is 3.24. The van der Waals surface area contributed by atoms with E-state index in [4.69, 9.17) is 5.11 Å². The molecule has 190 valence electrons. The molecule has 0 unspecified atom stereocenters. The Bertz CT molecular complexity index is 922. The van der Waals surface area contributed by atoms with Crippen LogP contribution in [0.15, 0.2) is 102 Å². The predicted octanol–water partition coefficient (Wildman–Crippen LogP) is 5.87. The molecule has 0 fully saturated rings. The monoisotopic (exact) mass is 477 g/mol. The maximum absolute atomic E-state index is 11.9. The summed E-state index contributed by atoms with van der Waals surface area (Å²) in [7, 11) is 0. The SMILES string of the molecule is CC(/C=C/C=C\C=C\C=C(/C)C(=O)N[C@@H](C)CO)=C\[C@@H](C)[C@@H](O)/C=C/[C@@H](C)CCc1ccccc1. The molecule has 0 aliphatic heterocycles. The highest BCUT2D eigenvalue weighted by Crippen LogP contribution is 2.14. The smallest absolute Gasteiger partial charge is 0.247 e. The van der Waals surface area contributed by atoms with Gasteiger partial charge >= 0.3 is 0 Å². The summed E-state index contributed by atoms with van der Waals surface area (Å²) in [5, 5.41) is 22.2. The van der Waals surface area contributed by atoms with Gasteiger partial charge in [-0.2, -0.15) is 0 Å². The highest BCUT2D eigenvalue weighted by Gasteiger charge is 2.09. The molecule has 0 radical (unpaired) electrons. The highest BCUT2D eigenvalue weighted by molar-refractivity contribution is 5.93. The molecular formula is C31H43NO3. The van der Waals surface area contributed by atoms with Crippen LogP contribution >= 0.6 is 0 Å². The van der Waals surface area contributed by atoms with Gasteiger partial charge in [0.2, 0.25) is 5.91 Å². The maximum atomic E-state index is 11.9. The minimum atomic E-state index is -0.511. The van der Waals surface area contributed by atoms with Gasteiger partial charge in [-0.3, -0.25) is 4.79 Å². The average Bonchev–Trinajstić information content (AvgIpc) is 2.85. The van der Waals surface area contributed by atoms with Crippen molar-refractivity contribution in [3.8, 4) is 0 Å². The Balaban J connectivity index is 2.45. The molecule has 0 saturated carbocycles. The number of carbonyl (C=O) groups excluding carboxylic acids is 1. The number of hydrogen-bond donors (Lipinski definition) is 3. The summed E-state index contributed by atoms with van der Waals surface area (Å²) in [6.07, 6.45) is 20.8. The minimum absolute atomic E-state index is 0.0221. The van der Waals surface area contributed by atoms with Gasteiger partial charge in [0.1, 0.15) is 0 Å². The fourth-order valence-electron chi connectivity index (χ4n) is 3.24. The third-order valence-corrected chi connectivity index (χ3v) is 5.59. The molecular weight excluding hydrogens is 434 g/mol. The fraction of sp³-hybridized carbons (Fsp3) is 0.387. The van der Waals surface area contributed by atoms with Crippen LogP contribution in [0.2, 0.25) is 0 Å². The van der Waals surface area contributed by atoms with E-state index in [1.807, 2.05) is 56.4 Å². The Labute approximate surface area is 212 Å². The molecule has 35 heavy (non-hydrogen) atoms.